The summed E-state index contributed by atoms with van der Waals surface area (Å²) in [5.41, 5.74) is 1.81. The molecule has 0 radical (unpaired) electrons. The van der Waals surface area contributed by atoms with Crippen LogP contribution in [0.15, 0.2) is 60.7 Å². The van der Waals surface area contributed by atoms with E-state index in [-0.39, 0.29) is 11.9 Å². The molecule has 5 nitrogen and oxygen atoms in total. The Hall–Kier alpha value is -3.05. The van der Waals surface area contributed by atoms with Crippen molar-refractivity contribution in [1.29, 1.82) is 0 Å². The predicted molar refractivity (Wildman–Crippen MR) is 149 cm³/mol. The topological polar surface area (TPSA) is 50.8 Å². The first kappa shape index (κ1) is 25.6. The number of rotatable bonds is 9. The first-order chi connectivity index (χ1) is 18.2. The summed E-state index contributed by atoms with van der Waals surface area (Å²) in [4.78, 5) is 16.5. The summed E-state index contributed by atoms with van der Waals surface area (Å²) >= 11 is 0. The van der Waals surface area contributed by atoms with Gasteiger partial charge >= 0.3 is 0 Å². The zero-order valence-corrected chi connectivity index (χ0v) is 22.2. The Bertz CT molecular complexity index is 1200. The highest BCUT2D eigenvalue weighted by molar-refractivity contribution is 5.95. The lowest BCUT2D eigenvalue weighted by Gasteiger charge is -2.39. The molecule has 37 heavy (non-hydrogen) atoms. The van der Waals surface area contributed by atoms with Gasteiger partial charge < -0.3 is 19.7 Å². The molecule has 5 heteroatoms. The number of carbonyl (C=O) groups is 1. The second kappa shape index (κ2) is 12.0. The van der Waals surface area contributed by atoms with Gasteiger partial charge in [0.05, 0.1) is 14.2 Å². The van der Waals surface area contributed by atoms with E-state index in [1.807, 2.05) is 18.2 Å². The Morgan fingerprint density at radius 2 is 1.68 bits per heavy atom. The first-order valence-corrected chi connectivity index (χ1v) is 13.9. The fourth-order valence-electron chi connectivity index (χ4n) is 6.32. The Morgan fingerprint density at radius 3 is 2.41 bits per heavy atom. The number of carbonyl (C=O) groups excluding carboxylic acids is 1. The molecule has 196 valence electrons. The van der Waals surface area contributed by atoms with Gasteiger partial charge in [-0.3, -0.25) is 4.79 Å². The fraction of sp³-hybridized carbons (Fsp3) is 0.469. The molecule has 1 heterocycles. The third-order valence-electron chi connectivity index (χ3n) is 8.32. The molecule has 1 saturated heterocycles. The number of benzene rings is 3. The quantitative estimate of drug-likeness (QED) is 0.360. The summed E-state index contributed by atoms with van der Waals surface area (Å²) < 4.78 is 11.0. The van der Waals surface area contributed by atoms with Gasteiger partial charge in [0.25, 0.3) is 5.91 Å². The standard InChI is InChI=1S/C32H40N2O3/c1-36-30-17-16-27(21-31(30)37-2)32(35)34(22-24-14-15-25-11-6-7-12-26(25)19-24)29(28-13-8-18-33-28)20-23-9-4-3-5-10-23/h6-7,11-12,14-17,19,21,23,28-29,33H,3-5,8-10,13,18,20,22H2,1-2H3. The van der Waals surface area contributed by atoms with Crippen LogP contribution in [0.2, 0.25) is 0 Å². The van der Waals surface area contributed by atoms with E-state index in [9.17, 15) is 4.79 Å². The zero-order valence-electron chi connectivity index (χ0n) is 22.2. The van der Waals surface area contributed by atoms with Crippen molar-refractivity contribution in [2.45, 2.75) is 70.0 Å². The van der Waals surface area contributed by atoms with Gasteiger partial charge in [-0.15, -0.1) is 0 Å². The molecule has 1 aliphatic carbocycles. The summed E-state index contributed by atoms with van der Waals surface area (Å²) in [6, 6.07) is 21.0. The van der Waals surface area contributed by atoms with Gasteiger partial charge in [-0.25, -0.2) is 0 Å². The predicted octanol–water partition coefficient (Wildman–Crippen LogP) is 6.59. The van der Waals surface area contributed by atoms with Crippen LogP contribution in [-0.4, -0.2) is 43.7 Å². The molecule has 0 spiro atoms. The number of nitrogens with one attached hydrogen (secondary N) is 1. The Kier molecular flexibility index (Phi) is 8.30. The van der Waals surface area contributed by atoms with E-state index in [1.54, 1.807) is 14.2 Å². The van der Waals surface area contributed by atoms with Gasteiger partial charge in [0, 0.05) is 24.2 Å². The molecular weight excluding hydrogens is 460 g/mol. The molecule has 1 aliphatic heterocycles. The Balaban J connectivity index is 1.52. The van der Waals surface area contributed by atoms with Crippen molar-refractivity contribution in [3.63, 3.8) is 0 Å². The summed E-state index contributed by atoms with van der Waals surface area (Å²) in [6.07, 6.45) is 9.85. The van der Waals surface area contributed by atoms with E-state index >= 15 is 0 Å². The van der Waals surface area contributed by atoms with Crippen LogP contribution in [0.3, 0.4) is 0 Å². The van der Waals surface area contributed by atoms with Crippen LogP contribution in [0.1, 0.15) is 67.3 Å². The van der Waals surface area contributed by atoms with Gasteiger partial charge in [-0.2, -0.15) is 0 Å². The maximum atomic E-state index is 14.3. The molecule has 5 rings (SSSR count). The minimum absolute atomic E-state index is 0.0589. The van der Waals surface area contributed by atoms with Gasteiger partial charge in [-0.05, 0) is 72.3 Å². The Morgan fingerprint density at radius 1 is 0.892 bits per heavy atom. The van der Waals surface area contributed by atoms with E-state index in [0.29, 0.717) is 35.6 Å². The van der Waals surface area contributed by atoms with Crippen LogP contribution in [0, 0.1) is 5.92 Å². The second-order valence-corrected chi connectivity index (χ2v) is 10.7. The normalized spacial score (nSPS) is 19.0. The van der Waals surface area contributed by atoms with Crippen LogP contribution in [-0.2, 0) is 6.54 Å². The number of nitrogens with zero attached hydrogens (tertiary/aromatic N) is 1. The van der Waals surface area contributed by atoms with Gasteiger partial charge in [0.2, 0.25) is 0 Å². The van der Waals surface area contributed by atoms with E-state index in [2.05, 4.69) is 52.7 Å². The molecule has 1 N–H and O–H groups in total. The van der Waals surface area contributed by atoms with Crippen molar-refractivity contribution in [3.05, 3.63) is 71.8 Å². The van der Waals surface area contributed by atoms with Crippen molar-refractivity contribution in [1.82, 2.24) is 10.2 Å². The monoisotopic (exact) mass is 500 g/mol. The number of hydrogen-bond acceptors (Lipinski definition) is 4. The molecular formula is C32H40N2O3. The fourth-order valence-corrected chi connectivity index (χ4v) is 6.32. The number of ether oxygens (including phenoxy) is 2. The largest absolute Gasteiger partial charge is 0.493 e. The summed E-state index contributed by atoms with van der Waals surface area (Å²) in [5, 5.41) is 6.18. The zero-order chi connectivity index (χ0) is 25.6. The van der Waals surface area contributed by atoms with E-state index in [1.165, 1.54) is 54.9 Å². The van der Waals surface area contributed by atoms with Crippen LogP contribution in [0.25, 0.3) is 10.8 Å². The first-order valence-electron chi connectivity index (χ1n) is 13.9. The van der Waals surface area contributed by atoms with Crippen LogP contribution >= 0.6 is 0 Å². The van der Waals surface area contributed by atoms with Crippen molar-refractivity contribution in [2.75, 3.05) is 20.8 Å². The highest BCUT2D eigenvalue weighted by Crippen LogP contribution is 2.34. The number of methoxy groups -OCH3 is 2. The minimum Gasteiger partial charge on any atom is -0.493 e. The van der Waals surface area contributed by atoms with Crippen LogP contribution in [0.5, 0.6) is 11.5 Å². The number of hydrogen-bond donors (Lipinski definition) is 1. The van der Waals surface area contributed by atoms with Crippen molar-refractivity contribution in [3.8, 4) is 11.5 Å². The lowest BCUT2D eigenvalue weighted by atomic mass is 9.82. The third kappa shape index (κ3) is 5.93. The second-order valence-electron chi connectivity index (χ2n) is 10.7. The lowest BCUT2D eigenvalue weighted by Crippen LogP contribution is -2.51. The highest BCUT2D eigenvalue weighted by atomic mass is 16.5. The van der Waals surface area contributed by atoms with Gasteiger partial charge in [0.15, 0.2) is 11.5 Å². The Labute approximate surface area is 221 Å². The van der Waals surface area contributed by atoms with Crippen molar-refractivity contribution >= 4 is 16.7 Å². The molecule has 3 aromatic rings. The molecule has 2 unspecified atom stereocenters. The minimum atomic E-state index is 0.0589. The molecule has 3 aromatic carbocycles. The average molecular weight is 501 g/mol. The van der Waals surface area contributed by atoms with E-state index in [0.717, 1.165) is 19.4 Å². The summed E-state index contributed by atoms with van der Waals surface area (Å²) in [5.74, 6) is 1.96. The summed E-state index contributed by atoms with van der Waals surface area (Å²) in [6.45, 7) is 1.62. The van der Waals surface area contributed by atoms with Gasteiger partial charge in [0.1, 0.15) is 0 Å². The van der Waals surface area contributed by atoms with Gasteiger partial charge in [-0.1, -0.05) is 68.5 Å². The van der Waals surface area contributed by atoms with E-state index in [4.69, 9.17) is 9.47 Å². The number of fused-ring (bicyclic) bond motifs is 1. The van der Waals surface area contributed by atoms with E-state index < -0.39 is 0 Å². The SMILES string of the molecule is COc1ccc(C(=O)N(Cc2ccc3ccccc3c2)C(CC2CCCCC2)C2CCCN2)cc1OC. The maximum Gasteiger partial charge on any atom is 0.254 e. The van der Waals surface area contributed by atoms with Crippen molar-refractivity contribution in [2.24, 2.45) is 5.92 Å². The third-order valence-corrected chi connectivity index (χ3v) is 8.32. The summed E-state index contributed by atoms with van der Waals surface area (Å²) in [7, 11) is 3.24. The molecule has 2 atom stereocenters. The van der Waals surface area contributed by atoms with Crippen LogP contribution < -0.4 is 14.8 Å². The molecule has 1 saturated carbocycles. The maximum absolute atomic E-state index is 14.3. The van der Waals surface area contributed by atoms with Crippen molar-refractivity contribution < 1.29 is 14.3 Å². The smallest absolute Gasteiger partial charge is 0.254 e. The molecule has 1 amide bonds. The number of amides is 1. The molecule has 2 fully saturated rings. The highest BCUT2D eigenvalue weighted by Gasteiger charge is 2.35. The molecule has 0 bridgehead atoms. The van der Waals surface area contributed by atoms with Crippen LogP contribution in [0.4, 0.5) is 0 Å². The average Bonchev–Trinajstić information content (AvgIpc) is 3.49. The molecule has 0 aromatic heterocycles. The lowest BCUT2D eigenvalue weighted by molar-refractivity contribution is 0.0570. The molecule has 2 aliphatic rings.